The maximum Gasteiger partial charge on any atom is 0.122 e. The van der Waals surface area contributed by atoms with E-state index in [-0.39, 0.29) is 6.10 Å². The largest absolute Gasteiger partial charge is 0.496 e. The standard InChI is InChI=1S/C13H18O2/c1-8-5-7-11(15-3)13-9(2)4-6-10(14)12(8)13/h5,7,9-10,14H,4,6H2,1-3H3/t9?,10-/m1/s1. The number of aryl methyl sites for hydroxylation is 1. The van der Waals surface area contributed by atoms with Crippen LogP contribution in [0, 0.1) is 6.92 Å². The lowest BCUT2D eigenvalue weighted by molar-refractivity contribution is 0.150. The third kappa shape index (κ3) is 1.63. The van der Waals surface area contributed by atoms with Crippen LogP contribution in [-0.4, -0.2) is 12.2 Å². The average Bonchev–Trinajstić information content (AvgIpc) is 2.23. The van der Waals surface area contributed by atoms with Crippen LogP contribution >= 0.6 is 0 Å². The number of aliphatic hydroxyl groups is 1. The van der Waals surface area contributed by atoms with Gasteiger partial charge >= 0.3 is 0 Å². The highest BCUT2D eigenvalue weighted by molar-refractivity contribution is 5.49. The summed E-state index contributed by atoms with van der Waals surface area (Å²) in [6.45, 7) is 4.26. The Morgan fingerprint density at radius 3 is 2.67 bits per heavy atom. The molecule has 2 atom stereocenters. The Kier molecular flexibility index (Phi) is 2.70. The van der Waals surface area contributed by atoms with E-state index in [1.165, 1.54) is 11.1 Å². The molecule has 0 aliphatic heterocycles. The summed E-state index contributed by atoms with van der Waals surface area (Å²) in [6, 6.07) is 4.03. The zero-order chi connectivity index (χ0) is 11.0. The summed E-state index contributed by atoms with van der Waals surface area (Å²) < 4.78 is 5.38. The maximum atomic E-state index is 10.0. The predicted octanol–water partition coefficient (Wildman–Crippen LogP) is 2.93. The Bertz CT molecular complexity index is 371. The van der Waals surface area contributed by atoms with Gasteiger partial charge in [-0.05, 0) is 42.9 Å². The summed E-state index contributed by atoms with van der Waals surface area (Å²) in [6.07, 6.45) is 1.59. The topological polar surface area (TPSA) is 29.5 Å². The second-order valence-electron chi connectivity index (χ2n) is 4.41. The number of aliphatic hydroxyl groups excluding tert-OH is 1. The minimum atomic E-state index is -0.314. The Labute approximate surface area is 90.9 Å². The molecule has 0 saturated heterocycles. The van der Waals surface area contributed by atoms with Gasteiger partial charge in [-0.25, -0.2) is 0 Å². The zero-order valence-corrected chi connectivity index (χ0v) is 9.58. The molecule has 1 unspecified atom stereocenters. The highest BCUT2D eigenvalue weighted by Crippen LogP contribution is 2.43. The normalized spacial score (nSPS) is 24.8. The summed E-state index contributed by atoms with van der Waals surface area (Å²) in [5, 5.41) is 10.0. The third-order valence-electron chi connectivity index (χ3n) is 3.38. The van der Waals surface area contributed by atoms with E-state index in [9.17, 15) is 5.11 Å². The van der Waals surface area contributed by atoms with Gasteiger partial charge in [0.05, 0.1) is 13.2 Å². The molecule has 0 heterocycles. The fourth-order valence-corrected chi connectivity index (χ4v) is 2.55. The average molecular weight is 206 g/mol. The zero-order valence-electron chi connectivity index (χ0n) is 9.58. The molecule has 0 aromatic heterocycles. The van der Waals surface area contributed by atoms with Crippen molar-refractivity contribution in [2.75, 3.05) is 7.11 Å². The molecule has 0 saturated carbocycles. The summed E-state index contributed by atoms with van der Waals surface area (Å²) in [5.74, 6) is 1.40. The second-order valence-corrected chi connectivity index (χ2v) is 4.41. The molecular weight excluding hydrogens is 188 g/mol. The summed E-state index contributed by atoms with van der Waals surface area (Å²) in [4.78, 5) is 0. The monoisotopic (exact) mass is 206 g/mol. The maximum absolute atomic E-state index is 10.0. The van der Waals surface area contributed by atoms with Crippen LogP contribution in [0.2, 0.25) is 0 Å². The van der Waals surface area contributed by atoms with Crippen LogP contribution in [-0.2, 0) is 0 Å². The van der Waals surface area contributed by atoms with Gasteiger partial charge in [0.25, 0.3) is 0 Å². The Hall–Kier alpha value is -1.02. The van der Waals surface area contributed by atoms with Gasteiger partial charge in [0.1, 0.15) is 5.75 Å². The van der Waals surface area contributed by atoms with Crippen molar-refractivity contribution in [1.29, 1.82) is 0 Å². The van der Waals surface area contributed by atoms with E-state index in [1.807, 2.05) is 12.1 Å². The van der Waals surface area contributed by atoms with E-state index in [4.69, 9.17) is 4.74 Å². The Balaban J connectivity index is 2.63. The van der Waals surface area contributed by atoms with Crippen LogP contribution in [0.4, 0.5) is 0 Å². The van der Waals surface area contributed by atoms with Crippen molar-refractivity contribution >= 4 is 0 Å². The highest BCUT2D eigenvalue weighted by atomic mass is 16.5. The molecule has 15 heavy (non-hydrogen) atoms. The number of methoxy groups -OCH3 is 1. The first-order valence-electron chi connectivity index (χ1n) is 5.50. The van der Waals surface area contributed by atoms with Crippen molar-refractivity contribution in [1.82, 2.24) is 0 Å². The molecule has 2 nitrogen and oxygen atoms in total. The summed E-state index contributed by atoms with van der Waals surface area (Å²) in [7, 11) is 1.69. The molecule has 1 N–H and O–H groups in total. The highest BCUT2D eigenvalue weighted by Gasteiger charge is 2.27. The van der Waals surface area contributed by atoms with Gasteiger partial charge < -0.3 is 9.84 Å². The quantitative estimate of drug-likeness (QED) is 0.765. The molecule has 1 aromatic carbocycles. The molecule has 1 aliphatic carbocycles. The number of hydrogen-bond acceptors (Lipinski definition) is 2. The van der Waals surface area contributed by atoms with Crippen LogP contribution in [0.1, 0.15) is 48.5 Å². The smallest absolute Gasteiger partial charge is 0.122 e. The summed E-state index contributed by atoms with van der Waals surface area (Å²) in [5.41, 5.74) is 3.47. The van der Waals surface area contributed by atoms with Gasteiger partial charge in [-0.15, -0.1) is 0 Å². The molecule has 0 spiro atoms. The van der Waals surface area contributed by atoms with Crippen LogP contribution in [0.15, 0.2) is 12.1 Å². The first kappa shape index (κ1) is 10.5. The first-order valence-corrected chi connectivity index (χ1v) is 5.50. The first-order chi connectivity index (χ1) is 7.15. The number of hydrogen-bond donors (Lipinski definition) is 1. The van der Waals surface area contributed by atoms with Gasteiger partial charge in [0.15, 0.2) is 0 Å². The van der Waals surface area contributed by atoms with E-state index in [0.29, 0.717) is 5.92 Å². The van der Waals surface area contributed by atoms with Crippen molar-refractivity contribution in [3.05, 3.63) is 28.8 Å². The van der Waals surface area contributed by atoms with E-state index >= 15 is 0 Å². The van der Waals surface area contributed by atoms with Crippen molar-refractivity contribution in [3.8, 4) is 5.75 Å². The van der Waals surface area contributed by atoms with Crippen LogP contribution in [0.5, 0.6) is 5.75 Å². The molecule has 0 bridgehead atoms. The number of fused-ring (bicyclic) bond motifs is 1. The lowest BCUT2D eigenvalue weighted by Gasteiger charge is -2.29. The van der Waals surface area contributed by atoms with Crippen LogP contribution < -0.4 is 4.74 Å². The van der Waals surface area contributed by atoms with Crippen molar-refractivity contribution in [2.24, 2.45) is 0 Å². The third-order valence-corrected chi connectivity index (χ3v) is 3.38. The number of ether oxygens (including phenoxy) is 1. The fourth-order valence-electron chi connectivity index (χ4n) is 2.55. The lowest BCUT2D eigenvalue weighted by atomic mass is 9.80. The van der Waals surface area contributed by atoms with Crippen molar-refractivity contribution in [2.45, 2.75) is 38.7 Å². The fraction of sp³-hybridized carbons (Fsp3) is 0.538. The molecule has 0 fully saturated rings. The molecular formula is C13H18O2. The lowest BCUT2D eigenvalue weighted by Crippen LogP contribution is -2.15. The Morgan fingerprint density at radius 2 is 2.00 bits per heavy atom. The summed E-state index contributed by atoms with van der Waals surface area (Å²) >= 11 is 0. The minimum absolute atomic E-state index is 0.314. The van der Waals surface area contributed by atoms with E-state index in [0.717, 1.165) is 24.2 Å². The number of rotatable bonds is 1. The second kappa shape index (κ2) is 3.86. The SMILES string of the molecule is COc1ccc(C)c2c1C(C)CC[C@H]2O. The van der Waals surface area contributed by atoms with Crippen LogP contribution in [0.25, 0.3) is 0 Å². The van der Waals surface area contributed by atoms with E-state index in [1.54, 1.807) is 7.11 Å². The van der Waals surface area contributed by atoms with Crippen LogP contribution in [0.3, 0.4) is 0 Å². The predicted molar refractivity (Wildman–Crippen MR) is 60.3 cm³/mol. The minimum Gasteiger partial charge on any atom is -0.496 e. The van der Waals surface area contributed by atoms with Crippen molar-refractivity contribution < 1.29 is 9.84 Å². The molecule has 0 radical (unpaired) electrons. The van der Waals surface area contributed by atoms with Gasteiger partial charge in [-0.1, -0.05) is 13.0 Å². The van der Waals surface area contributed by atoms with Gasteiger partial charge in [-0.2, -0.15) is 0 Å². The molecule has 82 valence electrons. The van der Waals surface area contributed by atoms with Gasteiger partial charge in [-0.3, -0.25) is 0 Å². The van der Waals surface area contributed by atoms with E-state index in [2.05, 4.69) is 13.8 Å². The Morgan fingerprint density at radius 1 is 1.27 bits per heavy atom. The van der Waals surface area contributed by atoms with Gasteiger partial charge in [0, 0.05) is 5.56 Å². The van der Waals surface area contributed by atoms with Crippen molar-refractivity contribution in [3.63, 3.8) is 0 Å². The van der Waals surface area contributed by atoms with Gasteiger partial charge in [0.2, 0.25) is 0 Å². The molecule has 0 amide bonds. The van der Waals surface area contributed by atoms with E-state index < -0.39 is 0 Å². The molecule has 2 rings (SSSR count). The number of benzene rings is 1. The molecule has 1 aromatic rings. The molecule has 2 heteroatoms. The molecule has 1 aliphatic rings.